The quantitative estimate of drug-likeness (QED) is 0.582. The minimum atomic E-state index is -0.440. The molecule has 5 nitrogen and oxygen atoms in total. The molecule has 0 aliphatic carbocycles. The van der Waals surface area contributed by atoms with Crippen molar-refractivity contribution in [2.75, 3.05) is 0 Å². The average Bonchev–Trinajstić information content (AvgIpc) is 2.93. The Morgan fingerprint density at radius 1 is 1.14 bits per heavy atom. The van der Waals surface area contributed by atoms with E-state index < -0.39 is 5.82 Å². The lowest BCUT2D eigenvalue weighted by atomic mass is 10.2. The van der Waals surface area contributed by atoms with Crippen molar-refractivity contribution < 1.29 is 4.39 Å². The summed E-state index contributed by atoms with van der Waals surface area (Å²) < 4.78 is 14.9. The van der Waals surface area contributed by atoms with Gasteiger partial charge in [0.2, 0.25) is 5.43 Å². The standard InChI is InChI=1S/C15H9FN4O/c16-9-4-5-12-10(7-9)14(21)11-8-18-20(15(11)19-12)13-3-1-2-6-17-13/h1-8H,(H,19,21). The van der Waals surface area contributed by atoms with Gasteiger partial charge in [0.15, 0.2) is 5.82 Å². The van der Waals surface area contributed by atoms with E-state index in [4.69, 9.17) is 0 Å². The number of rotatable bonds is 1. The van der Waals surface area contributed by atoms with E-state index in [9.17, 15) is 9.18 Å². The van der Waals surface area contributed by atoms with Gasteiger partial charge in [-0.2, -0.15) is 9.78 Å². The number of hydrogen-bond acceptors (Lipinski definition) is 3. The number of aromatic amines is 1. The van der Waals surface area contributed by atoms with Crippen molar-refractivity contribution in [1.29, 1.82) is 0 Å². The van der Waals surface area contributed by atoms with Crippen LogP contribution in [0.5, 0.6) is 0 Å². The molecule has 0 spiro atoms. The zero-order valence-electron chi connectivity index (χ0n) is 10.7. The number of pyridine rings is 2. The molecule has 6 heteroatoms. The molecule has 3 heterocycles. The van der Waals surface area contributed by atoms with Crippen molar-refractivity contribution >= 4 is 21.9 Å². The molecule has 102 valence electrons. The molecule has 4 rings (SSSR count). The summed E-state index contributed by atoms with van der Waals surface area (Å²) in [6.07, 6.45) is 3.12. The molecule has 0 aliphatic rings. The fourth-order valence-corrected chi connectivity index (χ4v) is 2.37. The van der Waals surface area contributed by atoms with E-state index in [2.05, 4.69) is 15.1 Å². The zero-order valence-corrected chi connectivity index (χ0v) is 10.7. The van der Waals surface area contributed by atoms with Gasteiger partial charge in [0.25, 0.3) is 0 Å². The van der Waals surface area contributed by atoms with Gasteiger partial charge in [-0.15, -0.1) is 0 Å². The lowest BCUT2D eigenvalue weighted by Crippen LogP contribution is -2.06. The Morgan fingerprint density at radius 2 is 2.05 bits per heavy atom. The Morgan fingerprint density at radius 3 is 2.86 bits per heavy atom. The van der Waals surface area contributed by atoms with Gasteiger partial charge >= 0.3 is 0 Å². The highest BCUT2D eigenvalue weighted by molar-refractivity contribution is 5.91. The maximum Gasteiger partial charge on any atom is 0.200 e. The number of fused-ring (bicyclic) bond motifs is 2. The molecule has 1 N–H and O–H groups in total. The Bertz CT molecular complexity index is 1020. The summed E-state index contributed by atoms with van der Waals surface area (Å²) in [5.74, 6) is 0.161. The van der Waals surface area contributed by atoms with E-state index >= 15 is 0 Å². The summed E-state index contributed by atoms with van der Waals surface area (Å²) in [4.78, 5) is 19.8. The van der Waals surface area contributed by atoms with Gasteiger partial charge in [-0.25, -0.2) is 9.37 Å². The fraction of sp³-hybridized carbons (Fsp3) is 0. The highest BCUT2D eigenvalue weighted by Gasteiger charge is 2.12. The summed E-state index contributed by atoms with van der Waals surface area (Å²) in [5, 5.41) is 4.91. The Hall–Kier alpha value is -3.02. The number of halogens is 1. The number of hydrogen-bond donors (Lipinski definition) is 1. The SMILES string of the molecule is O=c1c2cc(F)ccc2[nH]c2c1cnn2-c1ccccn1. The van der Waals surface area contributed by atoms with Gasteiger partial charge in [0.05, 0.1) is 17.1 Å². The van der Waals surface area contributed by atoms with E-state index in [0.29, 0.717) is 27.8 Å². The molecule has 21 heavy (non-hydrogen) atoms. The highest BCUT2D eigenvalue weighted by atomic mass is 19.1. The summed E-state index contributed by atoms with van der Waals surface area (Å²) in [6, 6.07) is 9.51. The smallest absolute Gasteiger partial charge is 0.200 e. The van der Waals surface area contributed by atoms with Crippen LogP contribution in [0.25, 0.3) is 27.8 Å². The first-order valence-electron chi connectivity index (χ1n) is 6.35. The maximum absolute atomic E-state index is 13.3. The first-order chi connectivity index (χ1) is 10.2. The second-order valence-electron chi connectivity index (χ2n) is 4.65. The molecule has 0 unspecified atom stereocenters. The Kier molecular flexibility index (Phi) is 2.38. The van der Waals surface area contributed by atoms with E-state index in [1.165, 1.54) is 18.3 Å². The average molecular weight is 280 g/mol. The minimum absolute atomic E-state index is 0.250. The van der Waals surface area contributed by atoms with Crippen LogP contribution in [0.4, 0.5) is 4.39 Å². The number of H-pyrrole nitrogens is 1. The molecule has 3 aromatic heterocycles. The van der Waals surface area contributed by atoms with Crippen LogP contribution in [0, 0.1) is 5.82 Å². The molecular formula is C15H9FN4O. The molecule has 4 aromatic rings. The largest absolute Gasteiger partial charge is 0.339 e. The molecule has 0 saturated heterocycles. The third kappa shape index (κ3) is 1.73. The molecule has 0 bridgehead atoms. The summed E-state index contributed by atoms with van der Waals surface area (Å²) in [6.45, 7) is 0. The van der Waals surface area contributed by atoms with Crippen LogP contribution in [-0.2, 0) is 0 Å². The number of nitrogens with one attached hydrogen (secondary N) is 1. The van der Waals surface area contributed by atoms with Crippen LogP contribution < -0.4 is 5.43 Å². The van der Waals surface area contributed by atoms with Gasteiger partial charge in [0, 0.05) is 11.6 Å². The second-order valence-corrected chi connectivity index (χ2v) is 4.65. The van der Waals surface area contributed by atoms with Crippen LogP contribution in [0.1, 0.15) is 0 Å². The number of benzene rings is 1. The molecule has 0 saturated carbocycles. The summed E-state index contributed by atoms with van der Waals surface area (Å²) in [5.41, 5.74) is 0.852. The fourth-order valence-electron chi connectivity index (χ4n) is 2.37. The topological polar surface area (TPSA) is 63.6 Å². The van der Waals surface area contributed by atoms with Gasteiger partial charge in [-0.05, 0) is 30.3 Å². The predicted molar refractivity (Wildman–Crippen MR) is 76.9 cm³/mol. The summed E-state index contributed by atoms with van der Waals surface area (Å²) in [7, 11) is 0. The van der Waals surface area contributed by atoms with Gasteiger partial charge in [0.1, 0.15) is 11.5 Å². The van der Waals surface area contributed by atoms with Crippen molar-refractivity contribution in [2.24, 2.45) is 0 Å². The van der Waals surface area contributed by atoms with Crippen molar-refractivity contribution in [1.82, 2.24) is 19.7 Å². The van der Waals surface area contributed by atoms with Gasteiger partial charge in [-0.1, -0.05) is 6.07 Å². The van der Waals surface area contributed by atoms with Crippen LogP contribution in [0.15, 0.2) is 53.6 Å². The first-order valence-corrected chi connectivity index (χ1v) is 6.35. The third-order valence-corrected chi connectivity index (χ3v) is 3.36. The first kappa shape index (κ1) is 11.8. The van der Waals surface area contributed by atoms with Gasteiger partial charge in [-0.3, -0.25) is 4.79 Å². The molecule has 0 fully saturated rings. The van der Waals surface area contributed by atoms with Gasteiger partial charge < -0.3 is 4.98 Å². The molecule has 0 atom stereocenters. The van der Waals surface area contributed by atoms with Crippen molar-refractivity contribution in [3.05, 3.63) is 64.8 Å². The van der Waals surface area contributed by atoms with Crippen LogP contribution in [-0.4, -0.2) is 19.7 Å². The number of aromatic nitrogens is 4. The molecule has 0 aliphatic heterocycles. The monoisotopic (exact) mass is 280 g/mol. The van der Waals surface area contributed by atoms with Crippen molar-refractivity contribution in [2.45, 2.75) is 0 Å². The third-order valence-electron chi connectivity index (χ3n) is 3.36. The Balaban J connectivity index is 2.12. The minimum Gasteiger partial charge on any atom is -0.339 e. The number of nitrogens with zero attached hydrogens (tertiary/aromatic N) is 3. The lowest BCUT2D eigenvalue weighted by Gasteiger charge is -2.03. The zero-order chi connectivity index (χ0) is 14.4. The second kappa shape index (κ2) is 4.24. The van der Waals surface area contributed by atoms with E-state index in [1.54, 1.807) is 29.1 Å². The maximum atomic E-state index is 13.3. The lowest BCUT2D eigenvalue weighted by molar-refractivity contribution is 0.629. The van der Waals surface area contributed by atoms with Crippen LogP contribution in [0.3, 0.4) is 0 Å². The highest BCUT2D eigenvalue weighted by Crippen LogP contribution is 2.17. The van der Waals surface area contributed by atoms with E-state index in [-0.39, 0.29) is 5.43 Å². The van der Waals surface area contributed by atoms with E-state index in [1.807, 2.05) is 6.07 Å². The normalized spacial score (nSPS) is 11.3. The molecule has 0 radical (unpaired) electrons. The molecule has 1 aromatic carbocycles. The van der Waals surface area contributed by atoms with Crippen LogP contribution >= 0.6 is 0 Å². The van der Waals surface area contributed by atoms with Crippen LogP contribution in [0.2, 0.25) is 0 Å². The molecular weight excluding hydrogens is 271 g/mol. The van der Waals surface area contributed by atoms with Crippen molar-refractivity contribution in [3.8, 4) is 5.82 Å². The molecule has 0 amide bonds. The van der Waals surface area contributed by atoms with Crippen molar-refractivity contribution in [3.63, 3.8) is 0 Å². The predicted octanol–water partition coefficient (Wildman–Crippen LogP) is 2.40. The Labute approximate surface area is 117 Å². The van der Waals surface area contributed by atoms with E-state index in [0.717, 1.165) is 0 Å². The summed E-state index contributed by atoms with van der Waals surface area (Å²) >= 11 is 0.